The number of β-amino-alcohol motifs (C(OH)–C–C–N with tert-alkyl or cyclic N) is 1. The molecule has 5 amide bonds. The van der Waals surface area contributed by atoms with Gasteiger partial charge in [-0.25, -0.2) is 13.8 Å². The number of fused-ring (bicyclic) bond motifs is 1. The molecule has 1 aliphatic carbocycles. The summed E-state index contributed by atoms with van der Waals surface area (Å²) < 4.78 is 57.7. The maximum atomic E-state index is 15.5. The number of carbonyl (C=O) groups excluding carboxylic acids is 5. The number of pyridine rings is 1. The SMILES string of the molecule is COc1cc2c(Oc3ccc(NC(=O)C4(C(=O)Nc5ccc(F)cc5)CC4)cc3F)ccnc2cc1OCCOCCOCCC(=O)NC(C(=O)N1CC(O)CC1C(=O)NCc1ccc(-c2scnc2C)cc1)C(C)(C)C. The molecular formula is C56H61F2N7O11S. The van der Waals surface area contributed by atoms with E-state index in [2.05, 4.69) is 31.2 Å². The van der Waals surface area contributed by atoms with E-state index in [-0.39, 0.29) is 76.2 Å². The van der Waals surface area contributed by atoms with Crippen molar-refractivity contribution in [3.8, 4) is 33.4 Å². The molecule has 6 aromatic rings. The minimum Gasteiger partial charge on any atom is -0.493 e. The number of hydrogen-bond acceptors (Lipinski definition) is 14. The van der Waals surface area contributed by atoms with Gasteiger partial charge in [-0.2, -0.15) is 0 Å². The van der Waals surface area contributed by atoms with E-state index in [1.165, 1.54) is 54.6 Å². The summed E-state index contributed by atoms with van der Waals surface area (Å²) in [5, 5.41) is 22.1. The van der Waals surface area contributed by atoms with Crippen LogP contribution in [0.15, 0.2) is 96.6 Å². The van der Waals surface area contributed by atoms with Gasteiger partial charge in [0.1, 0.15) is 35.7 Å². The molecule has 77 heavy (non-hydrogen) atoms. The molecule has 3 unspecified atom stereocenters. The number of benzene rings is 4. The Morgan fingerprint density at radius 3 is 2.17 bits per heavy atom. The van der Waals surface area contributed by atoms with E-state index < -0.39 is 70.2 Å². The van der Waals surface area contributed by atoms with Crippen LogP contribution in [0.5, 0.6) is 23.0 Å². The highest BCUT2D eigenvalue weighted by Gasteiger charge is 2.56. The predicted octanol–water partition coefficient (Wildman–Crippen LogP) is 7.71. The average Bonchev–Trinajstić information content (AvgIpc) is 4.08. The van der Waals surface area contributed by atoms with Gasteiger partial charge in [-0.15, -0.1) is 11.3 Å². The number of nitrogens with one attached hydrogen (secondary N) is 4. The molecule has 4 aromatic carbocycles. The van der Waals surface area contributed by atoms with Gasteiger partial charge in [0.15, 0.2) is 23.1 Å². The Bertz CT molecular complexity index is 3090. The molecule has 2 aromatic heterocycles. The number of aliphatic hydroxyl groups is 1. The molecule has 8 rings (SSSR count). The number of hydrogen-bond donors (Lipinski definition) is 5. The molecule has 0 bridgehead atoms. The molecule has 21 heteroatoms. The first-order valence-electron chi connectivity index (χ1n) is 25.1. The van der Waals surface area contributed by atoms with Gasteiger partial charge >= 0.3 is 0 Å². The fraction of sp³-hybridized carbons (Fsp3) is 0.375. The Labute approximate surface area is 447 Å². The number of aryl methyl sites for hydroxylation is 1. The van der Waals surface area contributed by atoms with Gasteiger partial charge in [0.25, 0.3) is 0 Å². The summed E-state index contributed by atoms with van der Waals surface area (Å²) in [6, 6.07) is 19.9. The van der Waals surface area contributed by atoms with E-state index in [4.69, 9.17) is 23.7 Å². The summed E-state index contributed by atoms with van der Waals surface area (Å²) in [6.45, 7) is 8.36. The maximum absolute atomic E-state index is 15.5. The number of halogens is 2. The summed E-state index contributed by atoms with van der Waals surface area (Å²) in [7, 11) is 1.47. The van der Waals surface area contributed by atoms with Crippen LogP contribution in [0.4, 0.5) is 20.2 Å². The van der Waals surface area contributed by atoms with Crippen molar-refractivity contribution in [3.05, 3.63) is 120 Å². The first-order valence-corrected chi connectivity index (χ1v) is 26.0. The maximum Gasteiger partial charge on any atom is 0.246 e. The summed E-state index contributed by atoms with van der Waals surface area (Å²) in [6.07, 6.45) is 1.24. The number of methoxy groups -OCH3 is 1. The van der Waals surface area contributed by atoms with Crippen molar-refractivity contribution < 1.29 is 61.5 Å². The van der Waals surface area contributed by atoms with E-state index in [9.17, 15) is 33.5 Å². The second-order valence-corrected chi connectivity index (χ2v) is 20.7. The molecule has 406 valence electrons. The molecule has 0 spiro atoms. The van der Waals surface area contributed by atoms with Gasteiger partial charge in [-0.3, -0.25) is 29.0 Å². The highest BCUT2D eigenvalue weighted by molar-refractivity contribution is 7.13. The number of aromatic nitrogens is 2. The van der Waals surface area contributed by atoms with Crippen LogP contribution in [-0.2, 0) is 40.0 Å². The van der Waals surface area contributed by atoms with Crippen LogP contribution in [0.1, 0.15) is 57.7 Å². The van der Waals surface area contributed by atoms with Crippen LogP contribution >= 0.6 is 11.3 Å². The van der Waals surface area contributed by atoms with Gasteiger partial charge in [-0.05, 0) is 84.8 Å². The number of nitrogens with zero attached hydrogens (tertiary/aromatic N) is 3. The Morgan fingerprint density at radius 1 is 0.818 bits per heavy atom. The van der Waals surface area contributed by atoms with Crippen LogP contribution in [0.2, 0.25) is 0 Å². The second-order valence-electron chi connectivity index (χ2n) is 19.8. The Hall–Kier alpha value is -7.59. The van der Waals surface area contributed by atoms with Crippen molar-refractivity contribution >= 4 is 63.2 Å². The zero-order valence-corrected chi connectivity index (χ0v) is 44.1. The van der Waals surface area contributed by atoms with Crippen molar-refractivity contribution in [2.24, 2.45) is 10.8 Å². The van der Waals surface area contributed by atoms with Gasteiger partial charge in [0.2, 0.25) is 29.5 Å². The van der Waals surface area contributed by atoms with Crippen LogP contribution in [0.25, 0.3) is 21.3 Å². The third-order valence-electron chi connectivity index (χ3n) is 13.2. The minimum absolute atomic E-state index is 0.0358. The second kappa shape index (κ2) is 24.6. The molecule has 1 saturated heterocycles. The molecule has 2 aliphatic rings. The topological polar surface area (TPSA) is 229 Å². The third-order valence-corrected chi connectivity index (χ3v) is 14.1. The number of thiazole rings is 1. The zero-order valence-electron chi connectivity index (χ0n) is 43.3. The normalized spacial score (nSPS) is 16.1. The van der Waals surface area contributed by atoms with Crippen molar-refractivity contribution in [1.29, 1.82) is 0 Å². The number of amides is 5. The van der Waals surface area contributed by atoms with Crippen molar-refractivity contribution in [2.45, 2.75) is 78.1 Å². The standard InChI is InChI=1S/C56H61F2N7O11S/c1-33-49(77-32-61-33)35-8-6-34(7-9-35)30-60-51(68)43-27-39(66)31-65(43)52(69)50(55(2,3)4)64-48(67)17-21-73-22-23-74-24-25-75-47-29-42-40(28-46(47)72-5)44(16-20-59-42)76-45-15-14-38(26-41(45)58)63-54(71)56(18-19-56)53(70)62-37-12-10-36(57)11-13-37/h6-16,20,26,28-29,32,39,43,50,66H,17-19,21-25,27,30-31H2,1-5H3,(H,60,68)(H,62,70)(H,63,71)(H,64,67). The Balaban J connectivity index is 0.749. The minimum atomic E-state index is -1.33. The molecule has 0 radical (unpaired) electrons. The first-order chi connectivity index (χ1) is 36.9. The summed E-state index contributed by atoms with van der Waals surface area (Å²) >= 11 is 1.56. The van der Waals surface area contributed by atoms with E-state index in [0.29, 0.717) is 40.9 Å². The van der Waals surface area contributed by atoms with Gasteiger partial charge < -0.3 is 55.0 Å². The number of likely N-dealkylation sites (tertiary alicyclic amines) is 1. The van der Waals surface area contributed by atoms with E-state index >= 15 is 4.39 Å². The predicted molar refractivity (Wildman–Crippen MR) is 283 cm³/mol. The highest BCUT2D eigenvalue weighted by atomic mass is 32.1. The van der Waals surface area contributed by atoms with Crippen LogP contribution in [0, 0.1) is 29.4 Å². The fourth-order valence-electron chi connectivity index (χ4n) is 8.70. The third kappa shape index (κ3) is 13.9. The molecular weight excluding hydrogens is 1020 g/mol. The number of aliphatic hydroxyl groups excluding tert-OH is 1. The van der Waals surface area contributed by atoms with Crippen LogP contribution < -0.4 is 35.5 Å². The molecule has 5 N–H and O–H groups in total. The summed E-state index contributed by atoms with van der Waals surface area (Å²) in [5.74, 6) is -2.77. The number of anilines is 2. The van der Waals surface area contributed by atoms with Crippen molar-refractivity contribution in [3.63, 3.8) is 0 Å². The first kappa shape index (κ1) is 55.6. The van der Waals surface area contributed by atoms with Gasteiger partial charge in [-0.1, -0.05) is 45.0 Å². The number of carbonyl (C=O) groups is 5. The Morgan fingerprint density at radius 2 is 1.51 bits per heavy atom. The van der Waals surface area contributed by atoms with E-state index in [1.54, 1.807) is 35.0 Å². The fourth-order valence-corrected chi connectivity index (χ4v) is 9.51. The van der Waals surface area contributed by atoms with Gasteiger partial charge in [0, 0.05) is 61.0 Å². The van der Waals surface area contributed by atoms with E-state index in [0.717, 1.165) is 27.8 Å². The summed E-state index contributed by atoms with van der Waals surface area (Å²) in [4.78, 5) is 78.0. The lowest BCUT2D eigenvalue weighted by atomic mass is 9.85. The molecule has 1 saturated carbocycles. The monoisotopic (exact) mass is 1080 g/mol. The lowest BCUT2D eigenvalue weighted by Gasteiger charge is -2.35. The summed E-state index contributed by atoms with van der Waals surface area (Å²) in [5.41, 5.74) is 3.54. The zero-order chi connectivity index (χ0) is 54.9. The molecule has 3 atom stereocenters. The average molecular weight is 1080 g/mol. The lowest BCUT2D eigenvalue weighted by Crippen LogP contribution is -2.57. The smallest absolute Gasteiger partial charge is 0.246 e. The van der Waals surface area contributed by atoms with E-state index in [1.807, 2.05) is 52.0 Å². The number of rotatable bonds is 23. The van der Waals surface area contributed by atoms with Crippen LogP contribution in [-0.4, -0.2) is 114 Å². The van der Waals surface area contributed by atoms with Crippen molar-refractivity contribution in [2.75, 3.05) is 57.3 Å². The molecule has 1 aliphatic heterocycles. The lowest BCUT2D eigenvalue weighted by molar-refractivity contribution is -0.144. The quantitative estimate of drug-likeness (QED) is 0.0306. The highest BCUT2D eigenvalue weighted by Crippen LogP contribution is 2.48. The molecule has 18 nitrogen and oxygen atoms in total. The molecule has 2 fully saturated rings. The molecule has 3 heterocycles. The number of ether oxygens (including phenoxy) is 5. The largest absolute Gasteiger partial charge is 0.493 e. The van der Waals surface area contributed by atoms with Gasteiger partial charge in [0.05, 0.1) is 61.2 Å². The van der Waals surface area contributed by atoms with Crippen LogP contribution in [0.3, 0.4) is 0 Å². The van der Waals surface area contributed by atoms with Crippen molar-refractivity contribution in [1.82, 2.24) is 25.5 Å². The Kier molecular flexibility index (Phi) is 17.8.